The van der Waals surface area contributed by atoms with Crippen LogP contribution in [0, 0.1) is 0 Å². The first-order valence-corrected chi connectivity index (χ1v) is 5.43. The van der Waals surface area contributed by atoms with Gasteiger partial charge in [0, 0.05) is 18.0 Å². The van der Waals surface area contributed by atoms with Crippen LogP contribution in [-0.4, -0.2) is 24.9 Å². The summed E-state index contributed by atoms with van der Waals surface area (Å²) in [6, 6.07) is 9.71. The lowest BCUT2D eigenvalue weighted by molar-refractivity contribution is 0.949. The molecule has 0 radical (unpaired) electrons. The van der Waals surface area contributed by atoms with E-state index in [9.17, 15) is 0 Å². The average molecular weight is 242 g/mol. The lowest BCUT2D eigenvalue weighted by atomic mass is 10.1. The first-order chi connectivity index (χ1) is 8.77. The van der Waals surface area contributed by atoms with Crippen LogP contribution in [0.3, 0.4) is 0 Å². The summed E-state index contributed by atoms with van der Waals surface area (Å²) < 4.78 is 0. The van der Waals surface area contributed by atoms with E-state index in [4.69, 9.17) is 11.5 Å². The van der Waals surface area contributed by atoms with Gasteiger partial charge in [0.1, 0.15) is 0 Å². The van der Waals surface area contributed by atoms with Gasteiger partial charge < -0.3 is 11.5 Å². The summed E-state index contributed by atoms with van der Waals surface area (Å²) in [7, 11) is 0. The lowest BCUT2D eigenvalue weighted by Crippen LogP contribution is -2.26. The monoisotopic (exact) mass is 242 g/mol. The Morgan fingerprint density at radius 1 is 1.17 bits per heavy atom. The molecule has 1 aliphatic rings. The van der Waals surface area contributed by atoms with E-state index in [0.717, 1.165) is 17.0 Å². The molecule has 1 aromatic rings. The van der Waals surface area contributed by atoms with Gasteiger partial charge in [0.05, 0.1) is 17.9 Å². The lowest BCUT2D eigenvalue weighted by Gasteiger charge is -2.12. The number of hydrogen-bond acceptors (Lipinski definition) is 4. The number of benzene rings is 1. The zero-order valence-electron chi connectivity index (χ0n) is 9.74. The first-order valence-electron chi connectivity index (χ1n) is 5.43. The molecule has 0 saturated carbocycles. The van der Waals surface area contributed by atoms with Gasteiger partial charge in [-0.05, 0) is 0 Å². The maximum absolute atomic E-state index is 5.32. The molecule has 0 atom stereocenters. The second kappa shape index (κ2) is 5.62. The molecule has 0 spiro atoms. The molecule has 0 fully saturated rings. The molecule has 0 saturated heterocycles. The Bertz CT molecular complexity index is 523. The first kappa shape index (κ1) is 11.8. The molecule has 92 valence electrons. The fourth-order valence-electron chi connectivity index (χ4n) is 1.52. The topological polar surface area (TPSA) is 101 Å². The molecule has 6 heteroatoms. The second-order valence-electron chi connectivity index (χ2n) is 3.60. The van der Waals surface area contributed by atoms with Gasteiger partial charge in [-0.1, -0.05) is 30.3 Å². The number of hydrogen-bond donors (Lipinski definition) is 3. The summed E-state index contributed by atoms with van der Waals surface area (Å²) in [6.07, 6.45) is 3.30. The molecule has 2 rings (SSSR count). The van der Waals surface area contributed by atoms with Crippen molar-refractivity contribution in [2.24, 2.45) is 26.6 Å². The number of hydrazone groups is 1. The summed E-state index contributed by atoms with van der Waals surface area (Å²) in [4.78, 5) is 8.42. The molecule has 0 aliphatic carbocycles. The van der Waals surface area contributed by atoms with Gasteiger partial charge in [0.25, 0.3) is 0 Å². The van der Waals surface area contributed by atoms with Gasteiger partial charge in [-0.25, -0.2) is 0 Å². The minimum Gasteiger partial charge on any atom is -0.369 e. The maximum Gasteiger partial charge on any atom is 0.208 e. The molecular formula is C12H14N6. The Morgan fingerprint density at radius 2 is 1.94 bits per heavy atom. The molecule has 1 aromatic carbocycles. The van der Waals surface area contributed by atoms with Gasteiger partial charge in [-0.2, -0.15) is 0 Å². The quantitative estimate of drug-likeness (QED) is 0.403. The van der Waals surface area contributed by atoms with Crippen LogP contribution in [-0.2, 0) is 0 Å². The Kier molecular flexibility index (Phi) is 3.70. The van der Waals surface area contributed by atoms with Crippen LogP contribution >= 0.6 is 0 Å². The van der Waals surface area contributed by atoms with Crippen molar-refractivity contribution >= 4 is 24.1 Å². The summed E-state index contributed by atoms with van der Waals surface area (Å²) >= 11 is 0. The van der Waals surface area contributed by atoms with Crippen LogP contribution in [0.5, 0.6) is 0 Å². The van der Waals surface area contributed by atoms with Crippen molar-refractivity contribution in [1.82, 2.24) is 5.43 Å². The Hall–Kier alpha value is -2.63. The van der Waals surface area contributed by atoms with Crippen LogP contribution in [0.1, 0.15) is 5.56 Å². The highest BCUT2D eigenvalue weighted by atomic mass is 15.3. The second-order valence-corrected chi connectivity index (χ2v) is 3.60. The maximum atomic E-state index is 5.32. The number of nitrogens with zero attached hydrogens (tertiary/aromatic N) is 3. The van der Waals surface area contributed by atoms with Gasteiger partial charge >= 0.3 is 0 Å². The molecule has 0 unspecified atom stereocenters. The van der Waals surface area contributed by atoms with E-state index >= 15 is 0 Å². The number of rotatable bonds is 3. The number of aliphatic imine (C=N–C) groups is 2. The summed E-state index contributed by atoms with van der Waals surface area (Å²) in [6.45, 7) is 0.494. The minimum atomic E-state index is -0.0349. The molecule has 1 aliphatic heterocycles. The third-order valence-corrected chi connectivity index (χ3v) is 2.29. The van der Waals surface area contributed by atoms with Crippen LogP contribution in [0.25, 0.3) is 5.70 Å². The van der Waals surface area contributed by atoms with E-state index in [1.807, 2.05) is 30.3 Å². The summed E-state index contributed by atoms with van der Waals surface area (Å²) in [5.74, 6) is -0.0349. The molecule has 0 amide bonds. The molecular weight excluding hydrogens is 228 g/mol. The van der Waals surface area contributed by atoms with Gasteiger partial charge in [0.2, 0.25) is 5.96 Å². The SMILES string of the molecule is NC(N)=NNC(=C1CN=CC=N1)c1ccccc1. The smallest absolute Gasteiger partial charge is 0.208 e. The standard InChI is InChI=1S/C12H14N6/c13-12(14)18-17-11(9-4-2-1-3-5-9)10-8-15-6-7-16-10/h1-7,17H,8H2,(H4,13,14,18). The van der Waals surface area contributed by atoms with Crippen molar-refractivity contribution < 1.29 is 0 Å². The molecule has 5 N–H and O–H groups in total. The zero-order valence-corrected chi connectivity index (χ0v) is 9.74. The van der Waals surface area contributed by atoms with Crippen molar-refractivity contribution in [2.75, 3.05) is 6.54 Å². The Morgan fingerprint density at radius 3 is 2.56 bits per heavy atom. The van der Waals surface area contributed by atoms with Crippen LogP contribution in [0.2, 0.25) is 0 Å². The predicted molar refractivity (Wildman–Crippen MR) is 74.2 cm³/mol. The Balaban J connectivity index is 2.38. The van der Waals surface area contributed by atoms with Crippen molar-refractivity contribution in [2.45, 2.75) is 0 Å². The van der Waals surface area contributed by atoms with Crippen LogP contribution < -0.4 is 16.9 Å². The van der Waals surface area contributed by atoms with Crippen molar-refractivity contribution in [1.29, 1.82) is 0 Å². The van der Waals surface area contributed by atoms with Crippen LogP contribution in [0.15, 0.2) is 51.1 Å². The molecule has 6 nitrogen and oxygen atoms in total. The molecule has 0 aromatic heterocycles. The average Bonchev–Trinajstić information content (AvgIpc) is 2.41. The van der Waals surface area contributed by atoms with E-state index in [0.29, 0.717) is 6.54 Å². The number of guanidine groups is 1. The van der Waals surface area contributed by atoms with Gasteiger partial charge in [-0.3, -0.25) is 15.4 Å². The predicted octanol–water partition coefficient (Wildman–Crippen LogP) is 0.288. The normalized spacial score (nSPS) is 16.2. The van der Waals surface area contributed by atoms with E-state index in [-0.39, 0.29) is 5.96 Å². The number of nitrogens with two attached hydrogens (primary N) is 2. The summed E-state index contributed by atoms with van der Waals surface area (Å²) in [5, 5.41) is 3.82. The van der Waals surface area contributed by atoms with Crippen molar-refractivity contribution in [3.8, 4) is 0 Å². The van der Waals surface area contributed by atoms with E-state index in [2.05, 4.69) is 20.5 Å². The van der Waals surface area contributed by atoms with Gasteiger partial charge in [0.15, 0.2) is 0 Å². The fraction of sp³-hybridized carbons (Fsp3) is 0.0833. The highest BCUT2D eigenvalue weighted by molar-refractivity contribution is 6.17. The van der Waals surface area contributed by atoms with Crippen molar-refractivity contribution in [3.63, 3.8) is 0 Å². The van der Waals surface area contributed by atoms with Crippen molar-refractivity contribution in [3.05, 3.63) is 41.6 Å². The van der Waals surface area contributed by atoms with E-state index in [1.54, 1.807) is 12.4 Å². The van der Waals surface area contributed by atoms with E-state index in [1.165, 1.54) is 0 Å². The number of nitrogens with one attached hydrogen (secondary N) is 1. The van der Waals surface area contributed by atoms with Gasteiger partial charge in [-0.15, -0.1) is 5.10 Å². The molecule has 18 heavy (non-hydrogen) atoms. The third-order valence-electron chi connectivity index (χ3n) is 2.29. The fourth-order valence-corrected chi connectivity index (χ4v) is 1.52. The zero-order chi connectivity index (χ0) is 12.8. The highest BCUT2D eigenvalue weighted by Crippen LogP contribution is 2.18. The van der Waals surface area contributed by atoms with E-state index < -0.39 is 0 Å². The van der Waals surface area contributed by atoms with Crippen LogP contribution in [0.4, 0.5) is 0 Å². The minimum absolute atomic E-state index is 0.0349. The Labute approximate surface area is 105 Å². The molecule has 1 heterocycles. The molecule has 0 bridgehead atoms. The summed E-state index contributed by atoms with van der Waals surface area (Å²) in [5.41, 5.74) is 16.0. The highest BCUT2D eigenvalue weighted by Gasteiger charge is 2.09. The largest absolute Gasteiger partial charge is 0.369 e. The third kappa shape index (κ3) is 2.94.